The lowest BCUT2D eigenvalue weighted by Gasteiger charge is -2.18. The molecule has 0 rings (SSSR count). The molecule has 0 fully saturated rings. The molecule has 0 aliphatic rings. The summed E-state index contributed by atoms with van der Waals surface area (Å²) in [5.41, 5.74) is -0.0848. The number of rotatable bonds is 3. The molecule has 3 heteroatoms. The van der Waals surface area contributed by atoms with E-state index < -0.39 is 0 Å². The van der Waals surface area contributed by atoms with Gasteiger partial charge in [-0.3, -0.25) is 0 Å². The van der Waals surface area contributed by atoms with Crippen LogP contribution in [0.2, 0.25) is 0 Å². The summed E-state index contributed by atoms with van der Waals surface area (Å²) < 4.78 is 5.26. The minimum atomic E-state index is -0.0848. The molecule has 0 aromatic rings. The van der Waals surface area contributed by atoms with Gasteiger partial charge in [0.25, 0.3) is 0 Å². The summed E-state index contributed by atoms with van der Waals surface area (Å²) in [6, 6.07) is 0. The zero-order chi connectivity index (χ0) is 7.33. The molecule has 0 aromatic heterocycles. The first-order valence-corrected chi connectivity index (χ1v) is 3.02. The van der Waals surface area contributed by atoms with Gasteiger partial charge in [0.05, 0.1) is 18.8 Å². The predicted octanol–water partition coefficient (Wildman–Crippen LogP) is 0.692. The first kappa shape index (κ1) is 8.88. The second-order valence-corrected chi connectivity index (χ2v) is 2.83. The van der Waals surface area contributed by atoms with Crippen LogP contribution < -0.4 is 5.90 Å². The van der Waals surface area contributed by atoms with Crippen molar-refractivity contribution < 1.29 is 9.57 Å². The Morgan fingerprint density at radius 3 is 2.11 bits per heavy atom. The van der Waals surface area contributed by atoms with Gasteiger partial charge >= 0.3 is 0 Å². The Morgan fingerprint density at radius 1 is 1.22 bits per heavy atom. The van der Waals surface area contributed by atoms with Crippen LogP contribution in [0.4, 0.5) is 0 Å². The average molecular weight is 133 g/mol. The lowest BCUT2D eigenvalue weighted by atomic mass is 10.2. The van der Waals surface area contributed by atoms with Crippen LogP contribution in [0.25, 0.3) is 0 Å². The van der Waals surface area contributed by atoms with Gasteiger partial charge in [-0.05, 0) is 20.8 Å². The summed E-state index contributed by atoms with van der Waals surface area (Å²) in [6.45, 7) is 6.98. The van der Waals surface area contributed by atoms with Gasteiger partial charge in [0.15, 0.2) is 0 Å². The average Bonchev–Trinajstić information content (AvgIpc) is 1.63. The molecule has 0 heterocycles. The highest BCUT2D eigenvalue weighted by Crippen LogP contribution is 2.04. The first-order valence-electron chi connectivity index (χ1n) is 3.02. The van der Waals surface area contributed by atoms with Gasteiger partial charge in [-0.15, -0.1) is 0 Å². The van der Waals surface area contributed by atoms with Crippen molar-refractivity contribution in [3.8, 4) is 0 Å². The van der Waals surface area contributed by atoms with Gasteiger partial charge < -0.3 is 9.57 Å². The zero-order valence-electron chi connectivity index (χ0n) is 6.31. The van der Waals surface area contributed by atoms with E-state index in [0.717, 1.165) is 0 Å². The molecule has 0 spiro atoms. The SMILES string of the molecule is CC(C)(C)OCCON. The highest BCUT2D eigenvalue weighted by Gasteiger charge is 2.08. The van der Waals surface area contributed by atoms with E-state index in [2.05, 4.69) is 4.84 Å². The lowest BCUT2D eigenvalue weighted by Crippen LogP contribution is -2.22. The van der Waals surface area contributed by atoms with Crippen LogP contribution in [0, 0.1) is 0 Å². The highest BCUT2D eigenvalue weighted by molar-refractivity contribution is 4.57. The van der Waals surface area contributed by atoms with Crippen LogP contribution in [0.15, 0.2) is 0 Å². The summed E-state index contributed by atoms with van der Waals surface area (Å²) in [7, 11) is 0. The Morgan fingerprint density at radius 2 is 1.78 bits per heavy atom. The maximum absolute atomic E-state index is 5.26. The minimum Gasteiger partial charge on any atom is -0.373 e. The third kappa shape index (κ3) is 7.88. The first-order chi connectivity index (χ1) is 4.06. The van der Waals surface area contributed by atoms with Crippen molar-refractivity contribution in [3.63, 3.8) is 0 Å². The van der Waals surface area contributed by atoms with Crippen molar-refractivity contribution in [1.82, 2.24) is 0 Å². The molecule has 56 valence electrons. The molecule has 9 heavy (non-hydrogen) atoms. The molecule has 0 saturated carbocycles. The molecule has 0 unspecified atom stereocenters. The quantitative estimate of drug-likeness (QED) is 0.455. The standard InChI is InChI=1S/C6H15NO2/c1-6(2,3)8-4-5-9-7/h4-5,7H2,1-3H3. The zero-order valence-corrected chi connectivity index (χ0v) is 6.31. The van der Waals surface area contributed by atoms with Crippen LogP contribution in [0.5, 0.6) is 0 Å². The molecule has 3 nitrogen and oxygen atoms in total. The predicted molar refractivity (Wildman–Crippen MR) is 35.8 cm³/mol. The molecule has 0 radical (unpaired) electrons. The van der Waals surface area contributed by atoms with Gasteiger partial charge in [-0.2, -0.15) is 0 Å². The van der Waals surface area contributed by atoms with Crippen molar-refractivity contribution in [2.75, 3.05) is 13.2 Å². The van der Waals surface area contributed by atoms with Crippen molar-refractivity contribution >= 4 is 0 Å². The molecule has 2 N–H and O–H groups in total. The van der Waals surface area contributed by atoms with E-state index >= 15 is 0 Å². The summed E-state index contributed by atoms with van der Waals surface area (Å²) in [6.07, 6.45) is 0. The molecule has 0 saturated heterocycles. The second kappa shape index (κ2) is 3.82. The summed E-state index contributed by atoms with van der Waals surface area (Å²) in [5, 5.41) is 0. The number of ether oxygens (including phenoxy) is 1. The molecule has 0 atom stereocenters. The Balaban J connectivity index is 3.07. The third-order valence-electron chi connectivity index (χ3n) is 0.736. The fourth-order valence-electron chi connectivity index (χ4n) is 0.396. The number of hydrogen-bond donors (Lipinski definition) is 1. The van der Waals surface area contributed by atoms with Crippen LogP contribution in [0.1, 0.15) is 20.8 Å². The van der Waals surface area contributed by atoms with E-state index in [4.69, 9.17) is 10.6 Å². The van der Waals surface area contributed by atoms with Crippen LogP contribution in [-0.4, -0.2) is 18.8 Å². The molecule has 0 aliphatic carbocycles. The summed E-state index contributed by atoms with van der Waals surface area (Å²) in [5.74, 6) is 4.78. The Labute approximate surface area is 56.1 Å². The monoisotopic (exact) mass is 133 g/mol. The maximum atomic E-state index is 5.26. The molecule has 0 bridgehead atoms. The summed E-state index contributed by atoms with van der Waals surface area (Å²) >= 11 is 0. The Hall–Kier alpha value is -0.120. The van der Waals surface area contributed by atoms with E-state index in [-0.39, 0.29) is 5.60 Å². The van der Waals surface area contributed by atoms with Gasteiger partial charge in [-0.25, -0.2) is 5.90 Å². The van der Waals surface area contributed by atoms with Gasteiger partial charge in [0, 0.05) is 0 Å². The Bertz CT molecular complexity index is 67.9. The van der Waals surface area contributed by atoms with E-state index in [0.29, 0.717) is 13.2 Å². The van der Waals surface area contributed by atoms with E-state index in [1.54, 1.807) is 0 Å². The molecule has 0 aliphatic heterocycles. The Kier molecular flexibility index (Phi) is 3.77. The van der Waals surface area contributed by atoms with Crippen molar-refractivity contribution in [3.05, 3.63) is 0 Å². The van der Waals surface area contributed by atoms with E-state index in [1.807, 2.05) is 20.8 Å². The van der Waals surface area contributed by atoms with Crippen LogP contribution in [-0.2, 0) is 9.57 Å². The third-order valence-corrected chi connectivity index (χ3v) is 0.736. The van der Waals surface area contributed by atoms with Crippen molar-refractivity contribution in [2.45, 2.75) is 26.4 Å². The fourth-order valence-corrected chi connectivity index (χ4v) is 0.396. The number of hydrogen-bond acceptors (Lipinski definition) is 3. The molecule has 0 aromatic carbocycles. The number of nitrogens with two attached hydrogens (primary N) is 1. The normalized spacial score (nSPS) is 12.0. The molecular formula is C6H15NO2. The second-order valence-electron chi connectivity index (χ2n) is 2.83. The van der Waals surface area contributed by atoms with Gasteiger partial charge in [0.1, 0.15) is 0 Å². The topological polar surface area (TPSA) is 44.5 Å². The van der Waals surface area contributed by atoms with Crippen molar-refractivity contribution in [2.24, 2.45) is 5.90 Å². The van der Waals surface area contributed by atoms with Crippen LogP contribution in [0.3, 0.4) is 0 Å². The summed E-state index contributed by atoms with van der Waals surface area (Å²) in [4.78, 5) is 4.31. The van der Waals surface area contributed by atoms with E-state index in [1.165, 1.54) is 0 Å². The van der Waals surface area contributed by atoms with Crippen molar-refractivity contribution in [1.29, 1.82) is 0 Å². The van der Waals surface area contributed by atoms with Gasteiger partial charge in [0.2, 0.25) is 0 Å². The molecule has 0 amide bonds. The minimum absolute atomic E-state index is 0.0848. The highest BCUT2D eigenvalue weighted by atomic mass is 16.6. The van der Waals surface area contributed by atoms with Crippen LogP contribution >= 0.6 is 0 Å². The van der Waals surface area contributed by atoms with E-state index in [9.17, 15) is 0 Å². The molecular weight excluding hydrogens is 118 g/mol. The lowest BCUT2D eigenvalue weighted by molar-refractivity contribution is -0.0352. The largest absolute Gasteiger partial charge is 0.373 e. The van der Waals surface area contributed by atoms with Gasteiger partial charge in [-0.1, -0.05) is 0 Å². The fraction of sp³-hybridized carbons (Fsp3) is 1.00. The smallest absolute Gasteiger partial charge is 0.0913 e. The maximum Gasteiger partial charge on any atom is 0.0913 e.